The molecule has 1 aromatic carbocycles. The summed E-state index contributed by atoms with van der Waals surface area (Å²) in [5.41, 5.74) is 2.93. The Kier molecular flexibility index (Phi) is 6.75. The van der Waals surface area contributed by atoms with Crippen molar-refractivity contribution in [3.63, 3.8) is 0 Å². The van der Waals surface area contributed by atoms with Crippen LogP contribution in [0.15, 0.2) is 29.6 Å². The highest BCUT2D eigenvalue weighted by Crippen LogP contribution is 2.32. The average molecular weight is 420 g/mol. The summed E-state index contributed by atoms with van der Waals surface area (Å²) in [6, 6.07) is 7.74. The molecule has 7 heteroatoms. The lowest BCUT2D eigenvalue weighted by atomic mass is 10.0. The minimum absolute atomic E-state index is 0.0222. The Hall–Kier alpha value is -1.89. The smallest absolute Gasteiger partial charge is 0.244 e. The van der Waals surface area contributed by atoms with Crippen LogP contribution in [-0.2, 0) is 16.0 Å². The minimum atomic E-state index is -0.215. The van der Waals surface area contributed by atoms with Crippen molar-refractivity contribution in [2.24, 2.45) is 0 Å². The molecule has 1 aromatic heterocycles. The van der Waals surface area contributed by atoms with Crippen LogP contribution in [0.3, 0.4) is 0 Å². The lowest BCUT2D eigenvalue weighted by molar-refractivity contribution is -0.136. The molecule has 3 rings (SSSR count). The summed E-state index contributed by atoms with van der Waals surface area (Å²) >= 11 is 7.80. The molecule has 0 fully saturated rings. The van der Waals surface area contributed by atoms with Gasteiger partial charge in [-0.05, 0) is 61.9 Å². The van der Waals surface area contributed by atoms with Gasteiger partial charge in [-0.25, -0.2) is 0 Å². The van der Waals surface area contributed by atoms with Gasteiger partial charge in [0.2, 0.25) is 11.8 Å². The number of halogens is 1. The molecule has 28 heavy (non-hydrogen) atoms. The van der Waals surface area contributed by atoms with Crippen molar-refractivity contribution in [3.05, 3.63) is 50.7 Å². The number of hydrogen-bond acceptors (Lipinski definition) is 4. The highest BCUT2D eigenvalue weighted by Gasteiger charge is 2.28. The molecule has 0 saturated carbocycles. The normalized spacial score (nSPS) is 16.5. The summed E-state index contributed by atoms with van der Waals surface area (Å²) in [5, 5.41) is 5.55. The van der Waals surface area contributed by atoms with Gasteiger partial charge in [-0.1, -0.05) is 17.7 Å². The van der Waals surface area contributed by atoms with Gasteiger partial charge in [0.15, 0.2) is 0 Å². The number of nitrogens with one attached hydrogen (secondary N) is 1. The van der Waals surface area contributed by atoms with Crippen molar-refractivity contribution in [1.29, 1.82) is 0 Å². The van der Waals surface area contributed by atoms with Crippen LogP contribution in [-0.4, -0.2) is 47.8 Å². The maximum atomic E-state index is 12.8. The molecule has 150 valence electrons. The fraction of sp³-hybridized carbons (Fsp3) is 0.429. The lowest BCUT2D eigenvalue weighted by Gasteiger charge is -2.34. The molecule has 1 aliphatic rings. The van der Waals surface area contributed by atoms with Crippen molar-refractivity contribution in [3.8, 4) is 0 Å². The van der Waals surface area contributed by atoms with Crippen molar-refractivity contribution >= 4 is 40.4 Å². The standard InChI is InChI=1S/C21H26ClN3O2S/c1-4-24(12-20(26)23-18-11-16(22)6-5-14(18)2)21(27)13-25-9-7-19-17(15(25)3)8-10-28-19/h5-6,8,10-11,15H,4,7,9,12-13H2,1-3H3,(H,23,26)/t15-/m0/s1. The molecular weight excluding hydrogens is 394 g/mol. The van der Waals surface area contributed by atoms with Crippen LogP contribution in [0.5, 0.6) is 0 Å². The molecule has 1 atom stereocenters. The van der Waals surface area contributed by atoms with E-state index in [4.69, 9.17) is 11.6 Å². The third-order valence-electron chi connectivity index (χ3n) is 5.28. The highest BCUT2D eigenvalue weighted by molar-refractivity contribution is 7.10. The molecular formula is C21H26ClN3O2S. The van der Waals surface area contributed by atoms with Crippen LogP contribution in [0.25, 0.3) is 0 Å². The number of carbonyl (C=O) groups excluding carboxylic acids is 2. The van der Waals surface area contributed by atoms with E-state index in [-0.39, 0.29) is 24.4 Å². The van der Waals surface area contributed by atoms with Crippen molar-refractivity contribution in [1.82, 2.24) is 9.80 Å². The van der Waals surface area contributed by atoms with Gasteiger partial charge >= 0.3 is 0 Å². The van der Waals surface area contributed by atoms with Crippen LogP contribution in [0.2, 0.25) is 5.02 Å². The topological polar surface area (TPSA) is 52.7 Å². The van der Waals surface area contributed by atoms with Crippen LogP contribution < -0.4 is 5.32 Å². The molecule has 0 saturated heterocycles. The number of fused-ring (bicyclic) bond motifs is 1. The quantitative estimate of drug-likeness (QED) is 0.766. The van der Waals surface area contributed by atoms with Gasteiger partial charge in [-0.2, -0.15) is 0 Å². The van der Waals surface area contributed by atoms with E-state index in [1.54, 1.807) is 28.4 Å². The Morgan fingerprint density at radius 3 is 2.89 bits per heavy atom. The molecule has 0 aliphatic carbocycles. The SMILES string of the molecule is CCN(CC(=O)Nc1cc(Cl)ccc1C)C(=O)CN1CCc2sccc2[C@@H]1C. The number of nitrogens with zero attached hydrogens (tertiary/aromatic N) is 2. The summed E-state index contributed by atoms with van der Waals surface area (Å²) in [6.45, 7) is 7.67. The average Bonchev–Trinajstić information content (AvgIpc) is 3.14. The van der Waals surface area contributed by atoms with Crippen molar-refractivity contribution in [2.45, 2.75) is 33.2 Å². The number of carbonyl (C=O) groups is 2. The maximum Gasteiger partial charge on any atom is 0.244 e. The first kappa shape index (κ1) is 20.8. The van der Waals surface area contributed by atoms with E-state index in [1.165, 1.54) is 10.4 Å². The second-order valence-electron chi connectivity index (χ2n) is 7.11. The molecule has 0 unspecified atom stereocenters. The number of aryl methyl sites for hydroxylation is 1. The Balaban J connectivity index is 1.59. The van der Waals surface area contributed by atoms with Crippen LogP contribution in [0, 0.1) is 6.92 Å². The zero-order chi connectivity index (χ0) is 20.3. The van der Waals surface area contributed by atoms with E-state index in [2.05, 4.69) is 28.6 Å². The van der Waals surface area contributed by atoms with Gasteiger partial charge in [-0.3, -0.25) is 14.5 Å². The predicted molar refractivity (Wildman–Crippen MR) is 115 cm³/mol. The van der Waals surface area contributed by atoms with Crippen molar-refractivity contribution in [2.75, 3.05) is 31.5 Å². The van der Waals surface area contributed by atoms with Gasteiger partial charge in [0.1, 0.15) is 0 Å². The molecule has 0 radical (unpaired) electrons. The number of rotatable bonds is 6. The van der Waals surface area contributed by atoms with Crippen LogP contribution in [0.1, 0.15) is 35.9 Å². The molecule has 2 heterocycles. The molecule has 1 aliphatic heterocycles. The van der Waals surface area contributed by atoms with Crippen LogP contribution in [0.4, 0.5) is 5.69 Å². The summed E-state index contributed by atoms with van der Waals surface area (Å²) < 4.78 is 0. The Labute approximate surface area is 175 Å². The number of thiophene rings is 1. The number of hydrogen-bond donors (Lipinski definition) is 1. The predicted octanol–water partition coefficient (Wildman–Crippen LogP) is 4.12. The second kappa shape index (κ2) is 9.07. The summed E-state index contributed by atoms with van der Waals surface area (Å²) in [7, 11) is 0. The molecule has 1 N–H and O–H groups in total. The highest BCUT2D eigenvalue weighted by atomic mass is 35.5. The Bertz CT molecular complexity index is 867. The third-order valence-corrected chi connectivity index (χ3v) is 6.52. The van der Waals surface area contributed by atoms with Crippen LogP contribution >= 0.6 is 22.9 Å². The zero-order valence-corrected chi connectivity index (χ0v) is 18.1. The molecule has 5 nitrogen and oxygen atoms in total. The van der Waals surface area contributed by atoms with Gasteiger partial charge in [0.05, 0.1) is 13.1 Å². The first-order valence-electron chi connectivity index (χ1n) is 9.53. The first-order valence-corrected chi connectivity index (χ1v) is 10.8. The van der Waals surface area contributed by atoms with Crippen molar-refractivity contribution < 1.29 is 9.59 Å². The van der Waals surface area contributed by atoms with Gasteiger partial charge < -0.3 is 10.2 Å². The molecule has 2 amide bonds. The summed E-state index contributed by atoms with van der Waals surface area (Å²) in [5.74, 6) is -0.238. The number of benzene rings is 1. The van der Waals surface area contributed by atoms with Gasteiger partial charge in [0.25, 0.3) is 0 Å². The lowest BCUT2D eigenvalue weighted by Crippen LogP contribution is -2.45. The van der Waals surface area contributed by atoms with E-state index in [9.17, 15) is 9.59 Å². The zero-order valence-electron chi connectivity index (χ0n) is 16.5. The van der Waals surface area contributed by atoms with Gasteiger partial charge in [-0.15, -0.1) is 11.3 Å². The molecule has 2 aromatic rings. The summed E-state index contributed by atoms with van der Waals surface area (Å²) in [4.78, 5) is 30.5. The minimum Gasteiger partial charge on any atom is -0.333 e. The van der Waals surface area contributed by atoms with Gasteiger partial charge in [0, 0.05) is 34.7 Å². The monoisotopic (exact) mass is 419 g/mol. The molecule has 0 spiro atoms. The first-order chi connectivity index (χ1) is 13.4. The molecule has 0 bridgehead atoms. The Morgan fingerprint density at radius 1 is 1.36 bits per heavy atom. The third kappa shape index (κ3) is 4.74. The fourth-order valence-electron chi connectivity index (χ4n) is 3.52. The second-order valence-corrected chi connectivity index (χ2v) is 8.55. The number of anilines is 1. The van der Waals surface area contributed by atoms with E-state index < -0.39 is 0 Å². The van der Waals surface area contributed by atoms with E-state index >= 15 is 0 Å². The van der Waals surface area contributed by atoms with E-state index in [0.29, 0.717) is 23.8 Å². The fourth-order valence-corrected chi connectivity index (χ4v) is 4.65. The van der Waals surface area contributed by atoms with E-state index in [1.807, 2.05) is 19.9 Å². The summed E-state index contributed by atoms with van der Waals surface area (Å²) in [6.07, 6.45) is 0.977. The number of amides is 2. The van der Waals surface area contributed by atoms with E-state index in [0.717, 1.165) is 18.5 Å². The number of likely N-dealkylation sites (N-methyl/N-ethyl adjacent to an activating group) is 1. The Morgan fingerprint density at radius 2 is 2.14 bits per heavy atom. The largest absolute Gasteiger partial charge is 0.333 e. The maximum absolute atomic E-state index is 12.8.